The van der Waals surface area contributed by atoms with Crippen molar-refractivity contribution in [2.45, 2.75) is 18.1 Å². The molecule has 3 unspecified atom stereocenters. The molecular weight excluding hydrogens is 262 g/mol. The molecule has 1 aromatic rings. The van der Waals surface area contributed by atoms with E-state index in [1.165, 1.54) is 7.11 Å². The number of nitrogens with zero attached hydrogens (tertiary/aromatic N) is 1. The number of sulfone groups is 1. The van der Waals surface area contributed by atoms with Gasteiger partial charge in [-0.05, 0) is 5.56 Å². The lowest BCUT2D eigenvalue weighted by Crippen LogP contribution is -2.20. The molecule has 0 aliphatic heterocycles. The van der Waals surface area contributed by atoms with Gasteiger partial charge < -0.3 is 4.74 Å². The molecule has 0 spiro atoms. The lowest BCUT2D eigenvalue weighted by atomic mass is 10.0. The first-order chi connectivity index (χ1) is 9.03. The highest BCUT2D eigenvalue weighted by Gasteiger charge is 2.71. The summed E-state index contributed by atoms with van der Waals surface area (Å²) in [6.07, 6.45) is 0. The standard InChI is InChI=1S/C14H17NO3S/c1-3-19(16,17)13-12(11-7-5-4-6-8-11)14(13,9-15)10-18-2/h4-8,12-13H,3,10H2,1-2H3. The van der Waals surface area contributed by atoms with Crippen molar-refractivity contribution in [3.63, 3.8) is 0 Å². The summed E-state index contributed by atoms with van der Waals surface area (Å²) < 4.78 is 29.5. The van der Waals surface area contributed by atoms with Crippen LogP contribution in [0.25, 0.3) is 0 Å². The third-order valence-corrected chi connectivity index (χ3v) is 6.07. The first-order valence-electron chi connectivity index (χ1n) is 6.20. The van der Waals surface area contributed by atoms with E-state index in [1.54, 1.807) is 6.92 Å². The second kappa shape index (κ2) is 4.95. The molecule has 102 valence electrons. The quantitative estimate of drug-likeness (QED) is 0.823. The Labute approximate surface area is 113 Å². The van der Waals surface area contributed by atoms with Crippen LogP contribution in [0, 0.1) is 16.7 Å². The summed E-state index contributed by atoms with van der Waals surface area (Å²) in [5, 5.41) is 8.80. The topological polar surface area (TPSA) is 67.2 Å². The summed E-state index contributed by atoms with van der Waals surface area (Å²) in [5.41, 5.74) is -0.0478. The predicted octanol–water partition coefficient (Wildman–Crippen LogP) is 1.74. The molecule has 0 bridgehead atoms. The Morgan fingerprint density at radius 1 is 1.37 bits per heavy atom. The Hall–Kier alpha value is -1.38. The Bertz CT molecular complexity index is 591. The summed E-state index contributed by atoms with van der Waals surface area (Å²) >= 11 is 0. The van der Waals surface area contributed by atoms with Crippen LogP contribution in [0.2, 0.25) is 0 Å². The van der Waals surface area contributed by atoms with Gasteiger partial charge in [0.05, 0.1) is 17.9 Å². The molecule has 4 nitrogen and oxygen atoms in total. The minimum atomic E-state index is -3.27. The molecule has 5 heteroatoms. The second-order valence-corrected chi connectivity index (χ2v) is 7.26. The van der Waals surface area contributed by atoms with E-state index in [0.29, 0.717) is 0 Å². The van der Waals surface area contributed by atoms with Gasteiger partial charge >= 0.3 is 0 Å². The molecule has 1 fully saturated rings. The van der Waals surface area contributed by atoms with Crippen molar-refractivity contribution in [2.24, 2.45) is 5.41 Å². The highest BCUT2D eigenvalue weighted by Crippen LogP contribution is 2.62. The normalized spacial score (nSPS) is 29.7. The molecule has 0 amide bonds. The van der Waals surface area contributed by atoms with Crippen molar-refractivity contribution in [1.29, 1.82) is 5.26 Å². The fourth-order valence-corrected chi connectivity index (χ4v) is 4.82. The number of benzene rings is 1. The average Bonchev–Trinajstić information content (AvgIpc) is 3.10. The molecule has 1 aliphatic carbocycles. The smallest absolute Gasteiger partial charge is 0.155 e. The second-order valence-electron chi connectivity index (χ2n) is 4.85. The van der Waals surface area contributed by atoms with E-state index in [9.17, 15) is 13.7 Å². The minimum absolute atomic E-state index is 0.0497. The van der Waals surface area contributed by atoms with E-state index in [2.05, 4.69) is 6.07 Å². The van der Waals surface area contributed by atoms with Crippen LogP contribution in [0.5, 0.6) is 0 Å². The summed E-state index contributed by atoms with van der Waals surface area (Å²) in [4.78, 5) is 0. The molecule has 1 aliphatic rings. The summed E-state index contributed by atoms with van der Waals surface area (Å²) in [6.45, 7) is 1.76. The molecule has 0 heterocycles. The molecule has 1 aromatic carbocycles. The van der Waals surface area contributed by atoms with E-state index < -0.39 is 20.5 Å². The maximum atomic E-state index is 12.2. The van der Waals surface area contributed by atoms with Crippen molar-refractivity contribution in [3.8, 4) is 6.07 Å². The van der Waals surface area contributed by atoms with Crippen molar-refractivity contribution in [3.05, 3.63) is 35.9 Å². The van der Waals surface area contributed by atoms with Gasteiger partial charge in [-0.1, -0.05) is 37.3 Å². The zero-order valence-corrected chi connectivity index (χ0v) is 11.9. The van der Waals surface area contributed by atoms with Crippen LogP contribution >= 0.6 is 0 Å². The Morgan fingerprint density at radius 3 is 2.47 bits per heavy atom. The van der Waals surface area contributed by atoms with Gasteiger partial charge in [-0.25, -0.2) is 8.42 Å². The summed E-state index contributed by atoms with van der Waals surface area (Å²) in [5.74, 6) is -0.239. The van der Waals surface area contributed by atoms with E-state index >= 15 is 0 Å². The van der Waals surface area contributed by atoms with Gasteiger partial charge in [-0.3, -0.25) is 0 Å². The zero-order chi connectivity index (χ0) is 14.1. The van der Waals surface area contributed by atoms with E-state index in [0.717, 1.165) is 5.56 Å². The Kier molecular flexibility index (Phi) is 3.66. The van der Waals surface area contributed by atoms with Crippen molar-refractivity contribution in [2.75, 3.05) is 19.5 Å². The van der Waals surface area contributed by atoms with Crippen LogP contribution in [0.15, 0.2) is 30.3 Å². The number of hydrogen-bond acceptors (Lipinski definition) is 4. The van der Waals surface area contributed by atoms with Crippen molar-refractivity contribution in [1.82, 2.24) is 0 Å². The van der Waals surface area contributed by atoms with Gasteiger partial charge in [0.1, 0.15) is 5.41 Å². The number of ether oxygens (including phenoxy) is 1. The monoisotopic (exact) mass is 279 g/mol. The van der Waals surface area contributed by atoms with Crippen LogP contribution in [-0.2, 0) is 14.6 Å². The van der Waals surface area contributed by atoms with Gasteiger partial charge in [0.15, 0.2) is 9.84 Å². The lowest BCUT2D eigenvalue weighted by Gasteiger charge is -2.07. The summed E-state index contributed by atoms with van der Waals surface area (Å²) in [6, 6.07) is 11.5. The molecular formula is C14H17NO3S. The molecule has 0 radical (unpaired) electrons. The molecule has 0 saturated heterocycles. The van der Waals surface area contributed by atoms with Gasteiger partial charge in [-0.2, -0.15) is 5.26 Å². The summed E-state index contributed by atoms with van der Waals surface area (Å²) in [7, 11) is -1.77. The number of rotatable bonds is 5. The fraction of sp³-hybridized carbons (Fsp3) is 0.500. The van der Waals surface area contributed by atoms with Gasteiger partial charge in [0.2, 0.25) is 0 Å². The Balaban J connectivity index is 2.45. The number of nitriles is 1. The number of methoxy groups -OCH3 is 1. The maximum Gasteiger partial charge on any atom is 0.155 e. The molecule has 3 atom stereocenters. The molecule has 19 heavy (non-hydrogen) atoms. The maximum absolute atomic E-state index is 12.2. The zero-order valence-electron chi connectivity index (χ0n) is 11.0. The van der Waals surface area contributed by atoms with E-state index in [1.807, 2.05) is 30.3 Å². The average molecular weight is 279 g/mol. The van der Waals surface area contributed by atoms with Crippen LogP contribution < -0.4 is 0 Å². The highest BCUT2D eigenvalue weighted by atomic mass is 32.2. The molecule has 1 saturated carbocycles. The fourth-order valence-electron chi connectivity index (χ4n) is 2.82. The lowest BCUT2D eigenvalue weighted by molar-refractivity contribution is 0.162. The van der Waals surface area contributed by atoms with Crippen LogP contribution in [0.3, 0.4) is 0 Å². The van der Waals surface area contributed by atoms with Gasteiger partial charge in [-0.15, -0.1) is 0 Å². The highest BCUT2D eigenvalue weighted by molar-refractivity contribution is 7.92. The van der Waals surface area contributed by atoms with Crippen molar-refractivity contribution >= 4 is 9.84 Å². The molecule has 0 N–H and O–H groups in total. The van der Waals surface area contributed by atoms with Crippen LogP contribution in [0.1, 0.15) is 18.4 Å². The number of hydrogen-bond donors (Lipinski definition) is 0. The molecule has 0 aromatic heterocycles. The first kappa shape index (κ1) is 14.0. The largest absolute Gasteiger partial charge is 0.383 e. The van der Waals surface area contributed by atoms with Crippen LogP contribution in [0.4, 0.5) is 0 Å². The third-order valence-electron chi connectivity index (χ3n) is 3.80. The minimum Gasteiger partial charge on any atom is -0.383 e. The Morgan fingerprint density at radius 2 is 2.00 bits per heavy atom. The third kappa shape index (κ3) is 2.15. The predicted molar refractivity (Wildman–Crippen MR) is 72.4 cm³/mol. The van der Waals surface area contributed by atoms with E-state index in [4.69, 9.17) is 4.74 Å². The van der Waals surface area contributed by atoms with Gasteiger partial charge in [0.25, 0.3) is 0 Å². The first-order valence-corrected chi connectivity index (χ1v) is 7.91. The molecule has 2 rings (SSSR count). The van der Waals surface area contributed by atoms with E-state index in [-0.39, 0.29) is 18.3 Å². The van der Waals surface area contributed by atoms with Crippen LogP contribution in [-0.4, -0.2) is 33.1 Å². The van der Waals surface area contributed by atoms with Gasteiger partial charge in [0, 0.05) is 18.8 Å². The SMILES string of the molecule is CCS(=O)(=O)C1C(c2ccccc2)C1(C#N)COC. The van der Waals surface area contributed by atoms with Crippen molar-refractivity contribution < 1.29 is 13.2 Å².